The van der Waals surface area contributed by atoms with Gasteiger partial charge in [0.05, 0.1) is 5.56 Å². The molecule has 1 aromatic carbocycles. The van der Waals surface area contributed by atoms with Gasteiger partial charge in [-0.05, 0) is 13.8 Å². The molecular formula is C10H10F3N. The molecule has 0 amide bonds. The molecule has 1 nitrogen and oxygen atoms in total. The fraction of sp³-hybridized carbons (Fsp3) is 0.300. The third-order valence-corrected chi connectivity index (χ3v) is 1.55. The zero-order chi connectivity index (χ0) is 10.7. The van der Waals surface area contributed by atoms with Crippen LogP contribution in [0.4, 0.5) is 13.2 Å². The van der Waals surface area contributed by atoms with Crippen LogP contribution in [-0.2, 0) is 0 Å². The summed E-state index contributed by atoms with van der Waals surface area (Å²) >= 11 is 0. The molecule has 0 atom stereocenters. The quantitative estimate of drug-likeness (QED) is 0.652. The Morgan fingerprint density at radius 1 is 1.14 bits per heavy atom. The maximum atomic E-state index is 13.0. The maximum absolute atomic E-state index is 13.0. The van der Waals surface area contributed by atoms with Gasteiger partial charge in [0, 0.05) is 24.4 Å². The van der Waals surface area contributed by atoms with E-state index in [0.717, 1.165) is 6.21 Å². The molecule has 0 heterocycles. The van der Waals surface area contributed by atoms with Crippen LogP contribution in [0.25, 0.3) is 0 Å². The van der Waals surface area contributed by atoms with Crippen LogP contribution in [0.5, 0.6) is 0 Å². The number of hydrogen-bond acceptors (Lipinski definition) is 1. The van der Waals surface area contributed by atoms with Crippen molar-refractivity contribution in [1.82, 2.24) is 0 Å². The number of rotatable bonds is 2. The van der Waals surface area contributed by atoms with Crippen molar-refractivity contribution in [3.63, 3.8) is 0 Å². The van der Waals surface area contributed by atoms with E-state index < -0.39 is 17.5 Å². The van der Waals surface area contributed by atoms with E-state index in [1.807, 2.05) is 0 Å². The Labute approximate surface area is 80.3 Å². The minimum atomic E-state index is -0.938. The van der Waals surface area contributed by atoms with Crippen LogP contribution in [-0.4, -0.2) is 12.3 Å². The standard InChI is InChI=1S/C10H10F3N/c1-6(2)14-5-8-9(12)3-7(11)4-10(8)13/h3-6H,1-2H3. The highest BCUT2D eigenvalue weighted by Gasteiger charge is 2.08. The summed E-state index contributed by atoms with van der Waals surface area (Å²) in [7, 11) is 0. The van der Waals surface area contributed by atoms with Crippen molar-refractivity contribution in [3.8, 4) is 0 Å². The van der Waals surface area contributed by atoms with Gasteiger partial charge in [-0.2, -0.15) is 0 Å². The summed E-state index contributed by atoms with van der Waals surface area (Å²) in [6.45, 7) is 3.55. The van der Waals surface area contributed by atoms with E-state index in [9.17, 15) is 13.2 Å². The van der Waals surface area contributed by atoms with Gasteiger partial charge in [-0.3, -0.25) is 4.99 Å². The van der Waals surface area contributed by atoms with Crippen molar-refractivity contribution in [2.24, 2.45) is 4.99 Å². The van der Waals surface area contributed by atoms with Gasteiger partial charge in [0.1, 0.15) is 17.5 Å². The number of halogens is 3. The third kappa shape index (κ3) is 2.58. The summed E-state index contributed by atoms with van der Waals surface area (Å²) in [6, 6.07) is 1.20. The Morgan fingerprint density at radius 3 is 2.07 bits per heavy atom. The zero-order valence-corrected chi connectivity index (χ0v) is 7.89. The van der Waals surface area contributed by atoms with Gasteiger partial charge in [0.25, 0.3) is 0 Å². The van der Waals surface area contributed by atoms with E-state index in [0.29, 0.717) is 12.1 Å². The molecule has 0 aromatic heterocycles. The van der Waals surface area contributed by atoms with Crippen molar-refractivity contribution in [2.45, 2.75) is 19.9 Å². The van der Waals surface area contributed by atoms with Crippen molar-refractivity contribution in [2.75, 3.05) is 0 Å². The Hall–Kier alpha value is -1.32. The highest BCUT2D eigenvalue weighted by atomic mass is 19.1. The molecule has 1 aromatic rings. The predicted molar refractivity (Wildman–Crippen MR) is 49.0 cm³/mol. The smallest absolute Gasteiger partial charge is 0.137 e. The van der Waals surface area contributed by atoms with Gasteiger partial charge in [0.2, 0.25) is 0 Å². The molecule has 76 valence electrons. The first-order valence-corrected chi connectivity index (χ1v) is 4.18. The normalized spacial score (nSPS) is 11.6. The highest BCUT2D eigenvalue weighted by Crippen LogP contribution is 2.12. The largest absolute Gasteiger partial charge is 0.290 e. The van der Waals surface area contributed by atoms with E-state index in [4.69, 9.17) is 0 Å². The molecule has 0 saturated heterocycles. The lowest BCUT2D eigenvalue weighted by atomic mass is 10.2. The first kappa shape index (κ1) is 10.8. The van der Waals surface area contributed by atoms with Crippen LogP contribution in [0.1, 0.15) is 19.4 Å². The molecule has 4 heteroatoms. The lowest BCUT2D eigenvalue weighted by molar-refractivity contribution is 0.541. The average molecular weight is 201 g/mol. The minimum absolute atomic E-state index is 0.0566. The molecule has 0 bridgehead atoms. The van der Waals surface area contributed by atoms with E-state index in [-0.39, 0.29) is 11.6 Å². The fourth-order valence-electron chi connectivity index (χ4n) is 0.900. The lowest BCUT2D eigenvalue weighted by Crippen LogP contribution is -1.98. The van der Waals surface area contributed by atoms with Gasteiger partial charge >= 0.3 is 0 Å². The molecule has 0 aliphatic rings. The number of aliphatic imine (C=N–C) groups is 1. The topological polar surface area (TPSA) is 12.4 Å². The van der Waals surface area contributed by atoms with Gasteiger partial charge in [-0.15, -0.1) is 0 Å². The molecule has 0 aliphatic heterocycles. The van der Waals surface area contributed by atoms with Gasteiger partial charge in [0.15, 0.2) is 0 Å². The van der Waals surface area contributed by atoms with Crippen molar-refractivity contribution < 1.29 is 13.2 Å². The summed E-state index contributed by atoms with van der Waals surface area (Å²) in [4.78, 5) is 3.82. The Kier molecular flexibility index (Phi) is 3.28. The molecule has 0 N–H and O–H groups in total. The monoisotopic (exact) mass is 201 g/mol. The highest BCUT2D eigenvalue weighted by molar-refractivity contribution is 5.80. The number of hydrogen-bond donors (Lipinski definition) is 0. The molecule has 0 saturated carbocycles. The van der Waals surface area contributed by atoms with Crippen molar-refractivity contribution >= 4 is 6.21 Å². The lowest BCUT2D eigenvalue weighted by Gasteiger charge is -2.00. The van der Waals surface area contributed by atoms with E-state index >= 15 is 0 Å². The average Bonchev–Trinajstić information content (AvgIpc) is 2.01. The van der Waals surface area contributed by atoms with Crippen LogP contribution in [0, 0.1) is 17.5 Å². The van der Waals surface area contributed by atoms with Crippen molar-refractivity contribution in [3.05, 3.63) is 35.1 Å². The molecule has 14 heavy (non-hydrogen) atoms. The van der Waals surface area contributed by atoms with Crippen LogP contribution in [0.3, 0.4) is 0 Å². The van der Waals surface area contributed by atoms with Crippen molar-refractivity contribution in [1.29, 1.82) is 0 Å². The summed E-state index contributed by atoms with van der Waals surface area (Å²) < 4.78 is 38.5. The van der Waals surface area contributed by atoms with Gasteiger partial charge in [-0.25, -0.2) is 13.2 Å². The second kappa shape index (κ2) is 4.26. The summed E-state index contributed by atoms with van der Waals surface area (Å²) in [5.74, 6) is -2.81. The fourth-order valence-corrected chi connectivity index (χ4v) is 0.900. The molecular weight excluding hydrogens is 191 g/mol. The third-order valence-electron chi connectivity index (χ3n) is 1.55. The minimum Gasteiger partial charge on any atom is -0.290 e. The summed E-state index contributed by atoms with van der Waals surface area (Å²) in [6.07, 6.45) is 1.08. The SMILES string of the molecule is CC(C)N=Cc1c(F)cc(F)cc1F. The predicted octanol–water partition coefficient (Wildman–Crippen LogP) is 2.93. The molecule has 0 fully saturated rings. The van der Waals surface area contributed by atoms with Crippen LogP contribution in [0.2, 0.25) is 0 Å². The number of benzene rings is 1. The van der Waals surface area contributed by atoms with Crippen LogP contribution in [0.15, 0.2) is 17.1 Å². The summed E-state index contributed by atoms with van der Waals surface area (Å²) in [5.41, 5.74) is -0.305. The second-order valence-corrected chi connectivity index (χ2v) is 3.16. The van der Waals surface area contributed by atoms with Crippen LogP contribution < -0.4 is 0 Å². The molecule has 1 rings (SSSR count). The van der Waals surface area contributed by atoms with Gasteiger partial charge in [-0.1, -0.05) is 0 Å². The molecule has 0 unspecified atom stereocenters. The summed E-state index contributed by atoms with van der Waals surface area (Å²) in [5, 5.41) is 0. The zero-order valence-electron chi connectivity index (χ0n) is 7.89. The van der Waals surface area contributed by atoms with Gasteiger partial charge < -0.3 is 0 Å². The molecule has 0 spiro atoms. The van der Waals surface area contributed by atoms with E-state index in [1.54, 1.807) is 13.8 Å². The Morgan fingerprint density at radius 2 is 1.64 bits per heavy atom. The molecule has 0 aliphatic carbocycles. The van der Waals surface area contributed by atoms with E-state index in [1.165, 1.54) is 0 Å². The maximum Gasteiger partial charge on any atom is 0.137 e. The Balaban J connectivity index is 3.09. The second-order valence-electron chi connectivity index (χ2n) is 3.16. The first-order chi connectivity index (χ1) is 6.50. The van der Waals surface area contributed by atoms with Crippen LogP contribution >= 0.6 is 0 Å². The molecule has 0 radical (unpaired) electrons. The van der Waals surface area contributed by atoms with E-state index in [2.05, 4.69) is 4.99 Å². The number of nitrogens with zero attached hydrogens (tertiary/aromatic N) is 1. The Bertz CT molecular complexity index is 335. The first-order valence-electron chi connectivity index (χ1n) is 4.18.